The topological polar surface area (TPSA) is 95.5 Å². The molecule has 1 saturated heterocycles. The van der Waals surface area contributed by atoms with Crippen molar-refractivity contribution in [2.45, 2.75) is 25.7 Å². The highest BCUT2D eigenvalue weighted by atomic mass is 16.4. The summed E-state index contributed by atoms with van der Waals surface area (Å²) in [5.41, 5.74) is 0. The molecule has 2 amide bonds. The SMILES string of the molecule is O=C(O)CCCNC(=O)C1CCC(=O)NC1. The maximum Gasteiger partial charge on any atom is 0.303 e. The number of carbonyl (C=O) groups is 3. The first-order chi connectivity index (χ1) is 7.59. The number of carbonyl (C=O) groups excluding carboxylic acids is 2. The molecule has 1 unspecified atom stereocenters. The van der Waals surface area contributed by atoms with E-state index in [2.05, 4.69) is 10.6 Å². The molecule has 6 heteroatoms. The number of carboxylic acids is 1. The lowest BCUT2D eigenvalue weighted by Gasteiger charge is -2.21. The van der Waals surface area contributed by atoms with Gasteiger partial charge in [0.05, 0.1) is 5.92 Å². The van der Waals surface area contributed by atoms with Gasteiger partial charge in [-0.05, 0) is 12.8 Å². The quantitative estimate of drug-likeness (QED) is 0.552. The van der Waals surface area contributed by atoms with Crippen LogP contribution >= 0.6 is 0 Å². The van der Waals surface area contributed by atoms with Gasteiger partial charge in [-0.2, -0.15) is 0 Å². The number of aliphatic carboxylic acids is 1. The molecule has 1 aliphatic heterocycles. The molecular formula is C10H16N2O4. The zero-order chi connectivity index (χ0) is 12.0. The normalized spacial score (nSPS) is 20.0. The highest BCUT2D eigenvalue weighted by Gasteiger charge is 2.23. The molecule has 0 radical (unpaired) electrons. The molecule has 0 aliphatic carbocycles. The highest BCUT2D eigenvalue weighted by Crippen LogP contribution is 2.10. The van der Waals surface area contributed by atoms with Crippen LogP contribution in [-0.4, -0.2) is 36.0 Å². The van der Waals surface area contributed by atoms with Gasteiger partial charge in [0, 0.05) is 25.9 Å². The van der Waals surface area contributed by atoms with Gasteiger partial charge in [-0.3, -0.25) is 14.4 Å². The minimum Gasteiger partial charge on any atom is -0.481 e. The Morgan fingerprint density at radius 2 is 2.25 bits per heavy atom. The van der Waals surface area contributed by atoms with Crippen molar-refractivity contribution < 1.29 is 19.5 Å². The molecular weight excluding hydrogens is 212 g/mol. The molecule has 90 valence electrons. The molecule has 1 rings (SSSR count). The summed E-state index contributed by atoms with van der Waals surface area (Å²) < 4.78 is 0. The van der Waals surface area contributed by atoms with Gasteiger partial charge in [-0.15, -0.1) is 0 Å². The van der Waals surface area contributed by atoms with Gasteiger partial charge in [0.15, 0.2) is 0 Å². The van der Waals surface area contributed by atoms with Crippen molar-refractivity contribution in [3.05, 3.63) is 0 Å². The molecule has 1 heterocycles. The van der Waals surface area contributed by atoms with Gasteiger partial charge < -0.3 is 15.7 Å². The summed E-state index contributed by atoms with van der Waals surface area (Å²) in [7, 11) is 0. The molecule has 3 N–H and O–H groups in total. The summed E-state index contributed by atoms with van der Waals surface area (Å²) in [4.78, 5) is 32.6. The largest absolute Gasteiger partial charge is 0.481 e. The minimum absolute atomic E-state index is 0.0186. The van der Waals surface area contributed by atoms with Crippen molar-refractivity contribution in [3.63, 3.8) is 0 Å². The lowest BCUT2D eigenvalue weighted by molar-refractivity contribution is -0.137. The maximum atomic E-state index is 11.5. The van der Waals surface area contributed by atoms with Crippen molar-refractivity contribution >= 4 is 17.8 Å². The number of piperidine rings is 1. The molecule has 0 saturated carbocycles. The Morgan fingerprint density at radius 3 is 2.81 bits per heavy atom. The van der Waals surface area contributed by atoms with E-state index in [4.69, 9.17) is 5.11 Å². The van der Waals surface area contributed by atoms with Gasteiger partial charge in [0.25, 0.3) is 0 Å². The van der Waals surface area contributed by atoms with Crippen molar-refractivity contribution in [3.8, 4) is 0 Å². The van der Waals surface area contributed by atoms with Gasteiger partial charge in [0.1, 0.15) is 0 Å². The second-order valence-corrected chi connectivity index (χ2v) is 3.83. The van der Waals surface area contributed by atoms with Gasteiger partial charge in [-0.25, -0.2) is 0 Å². The molecule has 0 spiro atoms. The fraction of sp³-hybridized carbons (Fsp3) is 0.700. The second-order valence-electron chi connectivity index (χ2n) is 3.83. The van der Waals surface area contributed by atoms with Crippen molar-refractivity contribution in [1.29, 1.82) is 0 Å². The standard InChI is InChI=1S/C10H16N2O4/c13-8-4-3-7(6-12-8)10(16)11-5-1-2-9(14)15/h7H,1-6H2,(H,11,16)(H,12,13)(H,14,15). The Balaban J connectivity index is 2.15. The average molecular weight is 228 g/mol. The first-order valence-corrected chi connectivity index (χ1v) is 5.36. The molecule has 0 bridgehead atoms. The van der Waals surface area contributed by atoms with E-state index in [9.17, 15) is 14.4 Å². The van der Waals surface area contributed by atoms with Crippen LogP contribution in [0.5, 0.6) is 0 Å². The maximum absolute atomic E-state index is 11.5. The zero-order valence-electron chi connectivity index (χ0n) is 8.99. The van der Waals surface area contributed by atoms with Crippen molar-refractivity contribution in [2.75, 3.05) is 13.1 Å². The van der Waals surface area contributed by atoms with Crippen LogP contribution in [0.15, 0.2) is 0 Å². The van der Waals surface area contributed by atoms with Crippen LogP contribution in [0, 0.1) is 5.92 Å². The second kappa shape index (κ2) is 6.09. The van der Waals surface area contributed by atoms with E-state index < -0.39 is 5.97 Å². The molecule has 6 nitrogen and oxygen atoms in total. The third kappa shape index (κ3) is 4.29. The van der Waals surface area contributed by atoms with Gasteiger partial charge in [-0.1, -0.05) is 0 Å². The van der Waals surface area contributed by atoms with E-state index in [0.29, 0.717) is 32.4 Å². The molecule has 0 aromatic carbocycles. The summed E-state index contributed by atoms with van der Waals surface area (Å²) in [5.74, 6) is -1.16. The molecule has 1 fully saturated rings. The third-order valence-electron chi connectivity index (χ3n) is 2.50. The van der Waals surface area contributed by atoms with Crippen molar-refractivity contribution in [1.82, 2.24) is 10.6 Å². The predicted octanol–water partition coefficient (Wildman–Crippen LogP) is -0.506. The van der Waals surface area contributed by atoms with E-state index >= 15 is 0 Å². The molecule has 0 aromatic rings. The van der Waals surface area contributed by atoms with Crippen LogP contribution in [0.25, 0.3) is 0 Å². The third-order valence-corrected chi connectivity index (χ3v) is 2.50. The van der Waals surface area contributed by atoms with Gasteiger partial charge in [0.2, 0.25) is 11.8 Å². The van der Waals surface area contributed by atoms with Crippen LogP contribution in [0.3, 0.4) is 0 Å². The summed E-state index contributed by atoms with van der Waals surface area (Å²) in [6, 6.07) is 0. The summed E-state index contributed by atoms with van der Waals surface area (Å²) in [5, 5.41) is 13.7. The van der Waals surface area contributed by atoms with Crippen LogP contribution in [0.1, 0.15) is 25.7 Å². The number of nitrogens with one attached hydrogen (secondary N) is 2. The Labute approximate surface area is 93.4 Å². The van der Waals surface area contributed by atoms with E-state index in [1.54, 1.807) is 0 Å². The molecule has 1 atom stereocenters. The van der Waals surface area contributed by atoms with E-state index in [1.165, 1.54) is 0 Å². The number of hydrogen-bond donors (Lipinski definition) is 3. The van der Waals surface area contributed by atoms with Crippen LogP contribution in [-0.2, 0) is 14.4 Å². The molecule has 0 aromatic heterocycles. The van der Waals surface area contributed by atoms with Crippen LogP contribution in [0.2, 0.25) is 0 Å². The lowest BCUT2D eigenvalue weighted by atomic mass is 9.98. The Hall–Kier alpha value is -1.59. The average Bonchev–Trinajstić information content (AvgIpc) is 2.25. The fourth-order valence-corrected chi connectivity index (χ4v) is 1.55. The van der Waals surface area contributed by atoms with Crippen LogP contribution < -0.4 is 10.6 Å². The Morgan fingerprint density at radius 1 is 1.50 bits per heavy atom. The van der Waals surface area contributed by atoms with E-state index in [-0.39, 0.29) is 24.2 Å². The number of rotatable bonds is 5. The fourth-order valence-electron chi connectivity index (χ4n) is 1.55. The van der Waals surface area contributed by atoms with E-state index in [1.807, 2.05) is 0 Å². The smallest absolute Gasteiger partial charge is 0.303 e. The first kappa shape index (κ1) is 12.5. The summed E-state index contributed by atoms with van der Waals surface area (Å²) in [6.07, 6.45) is 1.44. The van der Waals surface area contributed by atoms with E-state index in [0.717, 1.165) is 0 Å². The lowest BCUT2D eigenvalue weighted by Crippen LogP contribution is -2.43. The van der Waals surface area contributed by atoms with Crippen molar-refractivity contribution in [2.24, 2.45) is 5.92 Å². The predicted molar refractivity (Wildman–Crippen MR) is 55.6 cm³/mol. The highest BCUT2D eigenvalue weighted by molar-refractivity contribution is 5.83. The number of carboxylic acid groups (broad SMARTS) is 1. The Kier molecular flexibility index (Phi) is 4.75. The summed E-state index contributed by atoms with van der Waals surface area (Å²) in [6.45, 7) is 0.749. The zero-order valence-corrected chi connectivity index (χ0v) is 8.99. The molecule has 1 aliphatic rings. The first-order valence-electron chi connectivity index (χ1n) is 5.36. The summed E-state index contributed by atoms with van der Waals surface area (Å²) >= 11 is 0. The number of hydrogen-bond acceptors (Lipinski definition) is 3. The van der Waals surface area contributed by atoms with Crippen LogP contribution in [0.4, 0.5) is 0 Å². The number of amides is 2. The van der Waals surface area contributed by atoms with Gasteiger partial charge >= 0.3 is 5.97 Å². The monoisotopic (exact) mass is 228 g/mol. The minimum atomic E-state index is -0.862. The Bertz CT molecular complexity index is 281. The molecule has 16 heavy (non-hydrogen) atoms.